The minimum Gasteiger partial charge on any atom is -0.455 e. The molecule has 8 heteroatoms. The quantitative estimate of drug-likeness (QED) is 0.632. The number of carbonyl (C=O) groups is 2. The normalized spacial score (nSPS) is 11.3. The molecule has 0 bridgehead atoms. The molecule has 1 N–H and O–H groups in total. The van der Waals surface area contributed by atoms with Crippen molar-refractivity contribution in [3.8, 4) is 0 Å². The van der Waals surface area contributed by atoms with E-state index in [0.717, 1.165) is 11.1 Å². The van der Waals surface area contributed by atoms with Crippen molar-refractivity contribution in [1.82, 2.24) is 4.31 Å². The van der Waals surface area contributed by atoms with Gasteiger partial charge in [-0.15, -0.1) is 0 Å². The zero-order valence-electron chi connectivity index (χ0n) is 16.8. The molecule has 0 aliphatic rings. The summed E-state index contributed by atoms with van der Waals surface area (Å²) in [5, 5.41) is 2.58. The van der Waals surface area contributed by atoms with Crippen LogP contribution in [-0.4, -0.2) is 44.3 Å². The first-order chi connectivity index (χ1) is 13.8. The van der Waals surface area contributed by atoms with Crippen molar-refractivity contribution in [2.75, 3.05) is 25.0 Å². The molecule has 0 aromatic heterocycles. The Labute approximate surface area is 171 Å². The average Bonchev–Trinajstić information content (AvgIpc) is 2.69. The summed E-state index contributed by atoms with van der Waals surface area (Å²) in [6, 6.07) is 13.4. The third-order valence-electron chi connectivity index (χ3n) is 4.31. The third-order valence-corrected chi connectivity index (χ3v) is 6.38. The zero-order chi connectivity index (χ0) is 21.4. The topological polar surface area (TPSA) is 92.8 Å². The van der Waals surface area contributed by atoms with Crippen LogP contribution in [0.4, 0.5) is 5.69 Å². The van der Waals surface area contributed by atoms with Gasteiger partial charge in [0.1, 0.15) is 0 Å². The third kappa shape index (κ3) is 6.40. The van der Waals surface area contributed by atoms with Crippen molar-refractivity contribution in [3.63, 3.8) is 0 Å². The summed E-state index contributed by atoms with van der Waals surface area (Å²) in [6.07, 6.45) is 0.0888. The van der Waals surface area contributed by atoms with E-state index in [4.69, 9.17) is 4.74 Å². The predicted octanol–water partition coefficient (Wildman–Crippen LogP) is 2.75. The number of hydrogen-bond donors (Lipinski definition) is 1. The summed E-state index contributed by atoms with van der Waals surface area (Å²) in [4.78, 5) is 24.0. The number of carbonyl (C=O) groups excluding carboxylic acids is 2. The number of rotatable bonds is 9. The second kappa shape index (κ2) is 10.2. The van der Waals surface area contributed by atoms with E-state index in [0.29, 0.717) is 18.8 Å². The number of amides is 1. The Morgan fingerprint density at radius 2 is 1.55 bits per heavy atom. The smallest absolute Gasteiger partial charge is 0.310 e. The molecule has 2 aromatic carbocycles. The van der Waals surface area contributed by atoms with Gasteiger partial charge in [-0.1, -0.05) is 43.7 Å². The maximum absolute atomic E-state index is 12.5. The lowest BCUT2D eigenvalue weighted by atomic mass is 10.1. The Morgan fingerprint density at radius 1 is 0.966 bits per heavy atom. The molecule has 0 radical (unpaired) electrons. The molecule has 0 heterocycles. The van der Waals surface area contributed by atoms with Gasteiger partial charge in [-0.05, 0) is 36.8 Å². The van der Waals surface area contributed by atoms with Crippen LogP contribution in [0.2, 0.25) is 0 Å². The van der Waals surface area contributed by atoms with Crippen molar-refractivity contribution in [2.45, 2.75) is 32.1 Å². The molecule has 0 saturated heterocycles. The Morgan fingerprint density at radius 3 is 2.10 bits per heavy atom. The van der Waals surface area contributed by atoms with E-state index in [1.807, 2.05) is 31.2 Å². The number of hydrogen-bond acceptors (Lipinski definition) is 5. The van der Waals surface area contributed by atoms with Gasteiger partial charge in [0.25, 0.3) is 5.91 Å². The maximum Gasteiger partial charge on any atom is 0.310 e. The van der Waals surface area contributed by atoms with Gasteiger partial charge >= 0.3 is 5.97 Å². The molecule has 0 unspecified atom stereocenters. The molecule has 0 atom stereocenters. The second-order valence-electron chi connectivity index (χ2n) is 6.48. The summed E-state index contributed by atoms with van der Waals surface area (Å²) in [7, 11) is -3.55. The van der Waals surface area contributed by atoms with E-state index in [9.17, 15) is 18.0 Å². The minimum atomic E-state index is -3.55. The van der Waals surface area contributed by atoms with Gasteiger partial charge in [0.05, 0.1) is 11.3 Å². The lowest BCUT2D eigenvalue weighted by Crippen LogP contribution is -2.30. The molecule has 0 fully saturated rings. The Kier molecular flexibility index (Phi) is 7.92. The van der Waals surface area contributed by atoms with Gasteiger partial charge in [0.2, 0.25) is 10.0 Å². The number of ether oxygens (including phenoxy) is 1. The van der Waals surface area contributed by atoms with Crippen molar-refractivity contribution < 1.29 is 22.7 Å². The van der Waals surface area contributed by atoms with Crippen LogP contribution < -0.4 is 5.32 Å². The zero-order valence-corrected chi connectivity index (χ0v) is 17.7. The molecule has 156 valence electrons. The first-order valence-corrected chi connectivity index (χ1v) is 10.8. The van der Waals surface area contributed by atoms with Gasteiger partial charge in [0.15, 0.2) is 6.61 Å². The molecular formula is C21H26N2O5S. The number of anilines is 1. The molecule has 0 aliphatic carbocycles. The highest BCUT2D eigenvalue weighted by Crippen LogP contribution is 2.18. The van der Waals surface area contributed by atoms with Gasteiger partial charge < -0.3 is 10.1 Å². The van der Waals surface area contributed by atoms with Crippen LogP contribution in [-0.2, 0) is 30.8 Å². The van der Waals surface area contributed by atoms with Crippen LogP contribution in [0.25, 0.3) is 0 Å². The van der Waals surface area contributed by atoms with E-state index in [-0.39, 0.29) is 11.3 Å². The minimum absolute atomic E-state index is 0.0888. The number of nitrogens with one attached hydrogen (secondary N) is 1. The molecule has 0 saturated carbocycles. The number of nitrogens with zero attached hydrogens (tertiary/aromatic N) is 1. The molecule has 0 aliphatic heterocycles. The monoisotopic (exact) mass is 418 g/mol. The fourth-order valence-corrected chi connectivity index (χ4v) is 4.15. The Bertz CT molecular complexity index is 934. The van der Waals surface area contributed by atoms with Gasteiger partial charge in [-0.2, -0.15) is 4.31 Å². The standard InChI is InChI=1S/C21H26N2O5S/c1-4-23(5-2)29(26,27)19-12-10-18(11-13-19)22-20(24)15-28-21(25)14-17-8-6-16(3)7-9-17/h6-13H,4-5,14-15H2,1-3H3,(H,22,24). The van der Waals surface area contributed by atoms with E-state index in [1.54, 1.807) is 13.8 Å². The van der Waals surface area contributed by atoms with Crippen molar-refractivity contribution in [1.29, 1.82) is 0 Å². The lowest BCUT2D eigenvalue weighted by Gasteiger charge is -2.18. The molecule has 0 spiro atoms. The fraction of sp³-hybridized carbons (Fsp3) is 0.333. The van der Waals surface area contributed by atoms with Crippen molar-refractivity contribution in [3.05, 3.63) is 59.7 Å². The SMILES string of the molecule is CCN(CC)S(=O)(=O)c1ccc(NC(=O)COC(=O)Cc2ccc(C)cc2)cc1. The lowest BCUT2D eigenvalue weighted by molar-refractivity contribution is -0.146. The van der Waals surface area contributed by atoms with Crippen LogP contribution >= 0.6 is 0 Å². The van der Waals surface area contributed by atoms with Crippen LogP contribution in [0, 0.1) is 6.92 Å². The summed E-state index contributed by atoms with van der Waals surface area (Å²) < 4.78 is 31.3. The number of aryl methyl sites for hydroxylation is 1. The summed E-state index contributed by atoms with van der Waals surface area (Å²) in [6.45, 7) is 5.85. The highest BCUT2D eigenvalue weighted by molar-refractivity contribution is 7.89. The first-order valence-electron chi connectivity index (χ1n) is 9.37. The van der Waals surface area contributed by atoms with Crippen LogP contribution in [0.15, 0.2) is 53.4 Å². The molecule has 7 nitrogen and oxygen atoms in total. The molecule has 2 aromatic rings. The summed E-state index contributed by atoms with van der Waals surface area (Å²) in [5.74, 6) is -0.994. The van der Waals surface area contributed by atoms with Gasteiger partial charge in [-0.25, -0.2) is 8.42 Å². The number of benzene rings is 2. The maximum atomic E-state index is 12.5. The molecule has 2 rings (SSSR count). The molecule has 1 amide bonds. The van der Waals surface area contributed by atoms with Gasteiger partial charge in [-0.3, -0.25) is 9.59 Å². The van der Waals surface area contributed by atoms with Gasteiger partial charge in [0, 0.05) is 18.8 Å². The van der Waals surface area contributed by atoms with Crippen LogP contribution in [0.5, 0.6) is 0 Å². The van der Waals surface area contributed by atoms with Crippen molar-refractivity contribution in [2.24, 2.45) is 0 Å². The fourth-order valence-electron chi connectivity index (χ4n) is 2.69. The second-order valence-corrected chi connectivity index (χ2v) is 8.42. The first kappa shape index (κ1) is 22.6. The molecular weight excluding hydrogens is 392 g/mol. The largest absolute Gasteiger partial charge is 0.455 e. The van der Waals surface area contributed by atoms with Crippen LogP contribution in [0.3, 0.4) is 0 Å². The Balaban J connectivity index is 1.87. The van der Waals surface area contributed by atoms with E-state index >= 15 is 0 Å². The highest BCUT2D eigenvalue weighted by atomic mass is 32.2. The summed E-state index contributed by atoms with van der Waals surface area (Å²) in [5.41, 5.74) is 2.33. The van der Waals surface area contributed by atoms with E-state index < -0.39 is 28.5 Å². The predicted molar refractivity (Wildman–Crippen MR) is 111 cm³/mol. The molecule has 29 heavy (non-hydrogen) atoms. The van der Waals surface area contributed by atoms with E-state index in [2.05, 4.69) is 5.32 Å². The number of esters is 1. The van der Waals surface area contributed by atoms with Crippen molar-refractivity contribution >= 4 is 27.6 Å². The van der Waals surface area contributed by atoms with E-state index in [1.165, 1.54) is 28.6 Å². The number of sulfonamides is 1. The summed E-state index contributed by atoms with van der Waals surface area (Å²) >= 11 is 0. The highest BCUT2D eigenvalue weighted by Gasteiger charge is 2.21. The van der Waals surface area contributed by atoms with Crippen LogP contribution in [0.1, 0.15) is 25.0 Å². The Hall–Kier alpha value is -2.71. The average molecular weight is 419 g/mol.